The number of benzene rings is 1. The van der Waals surface area contributed by atoms with Crippen molar-refractivity contribution < 1.29 is 4.74 Å². The van der Waals surface area contributed by atoms with Crippen molar-refractivity contribution in [2.24, 2.45) is 0 Å². The lowest BCUT2D eigenvalue weighted by atomic mass is 9.97. The molecule has 1 aromatic carbocycles. The second-order valence-electron chi connectivity index (χ2n) is 8.05. The fourth-order valence-electron chi connectivity index (χ4n) is 4.76. The summed E-state index contributed by atoms with van der Waals surface area (Å²) < 4.78 is 7.12. The van der Waals surface area contributed by atoms with E-state index in [4.69, 9.17) is 9.84 Å². The number of hydrogen-bond acceptors (Lipinski definition) is 5. The highest BCUT2D eigenvalue weighted by molar-refractivity contribution is 5.92. The minimum Gasteiger partial charge on any atom is -0.497 e. The van der Waals surface area contributed by atoms with E-state index < -0.39 is 0 Å². The van der Waals surface area contributed by atoms with Gasteiger partial charge in [0.1, 0.15) is 5.75 Å². The predicted octanol–water partition coefficient (Wildman–Crippen LogP) is 3.35. The summed E-state index contributed by atoms with van der Waals surface area (Å²) >= 11 is 0. The number of pyridine rings is 1. The molecule has 0 amide bonds. The Morgan fingerprint density at radius 2 is 2.03 bits per heavy atom. The van der Waals surface area contributed by atoms with Gasteiger partial charge in [0.05, 0.1) is 24.9 Å². The van der Waals surface area contributed by atoms with Crippen molar-refractivity contribution in [2.45, 2.75) is 51.1 Å². The number of ether oxygens (including phenoxy) is 1. The number of anilines is 1. The summed E-state index contributed by atoms with van der Waals surface area (Å²) in [6.45, 7) is 1.60. The molecular formula is C23H26N4O2. The maximum atomic E-state index is 12.7. The van der Waals surface area contributed by atoms with Crippen LogP contribution in [0.2, 0.25) is 0 Å². The molecule has 3 heterocycles. The standard InChI is InChI=1S/C23H26N4O2/c1-29-18-8-9-21-19(14-18)22(10-11-24-21)26-12-4-6-17(26)15-27-23(28)13-16-5-2-3-7-20(16)25-27/h8-11,13-14,17H,2-7,12,15H2,1H3. The molecule has 2 aliphatic rings. The molecule has 29 heavy (non-hydrogen) atoms. The molecule has 3 aromatic rings. The summed E-state index contributed by atoms with van der Waals surface area (Å²) in [5.74, 6) is 0.829. The highest BCUT2D eigenvalue weighted by Gasteiger charge is 2.27. The molecule has 2 aromatic heterocycles. The molecule has 1 atom stereocenters. The third-order valence-electron chi connectivity index (χ3n) is 6.27. The Morgan fingerprint density at radius 1 is 1.14 bits per heavy atom. The number of aromatic nitrogens is 3. The van der Waals surface area contributed by atoms with E-state index >= 15 is 0 Å². The highest BCUT2D eigenvalue weighted by atomic mass is 16.5. The smallest absolute Gasteiger partial charge is 0.267 e. The van der Waals surface area contributed by atoms with Crippen molar-refractivity contribution >= 4 is 16.6 Å². The quantitative estimate of drug-likeness (QED) is 0.684. The zero-order valence-corrected chi connectivity index (χ0v) is 16.8. The molecule has 1 fully saturated rings. The Kier molecular flexibility index (Phi) is 4.70. The topological polar surface area (TPSA) is 60.2 Å². The zero-order valence-electron chi connectivity index (χ0n) is 16.8. The van der Waals surface area contributed by atoms with Gasteiger partial charge in [0.15, 0.2) is 0 Å². The van der Waals surface area contributed by atoms with Crippen molar-refractivity contribution in [1.82, 2.24) is 14.8 Å². The van der Waals surface area contributed by atoms with Crippen LogP contribution in [0.15, 0.2) is 41.3 Å². The number of aryl methyl sites for hydroxylation is 2. The predicted molar refractivity (Wildman–Crippen MR) is 114 cm³/mol. The van der Waals surface area contributed by atoms with Crippen LogP contribution in [0.4, 0.5) is 5.69 Å². The lowest BCUT2D eigenvalue weighted by Crippen LogP contribution is -2.38. The lowest BCUT2D eigenvalue weighted by Gasteiger charge is -2.28. The third-order valence-corrected chi connectivity index (χ3v) is 6.27. The SMILES string of the molecule is COc1ccc2nccc(N3CCCC3Cn3nc4c(cc3=O)CCCC4)c2c1. The Morgan fingerprint density at radius 3 is 2.93 bits per heavy atom. The maximum absolute atomic E-state index is 12.7. The summed E-state index contributed by atoms with van der Waals surface area (Å²) in [5, 5.41) is 5.83. The summed E-state index contributed by atoms with van der Waals surface area (Å²) in [5.41, 5.74) is 4.40. The van der Waals surface area contributed by atoms with Gasteiger partial charge in [-0.2, -0.15) is 5.10 Å². The zero-order chi connectivity index (χ0) is 19.8. The molecule has 6 nitrogen and oxygen atoms in total. The number of nitrogens with zero attached hydrogens (tertiary/aromatic N) is 4. The summed E-state index contributed by atoms with van der Waals surface area (Å²) in [4.78, 5) is 19.6. The molecule has 0 radical (unpaired) electrons. The van der Waals surface area contributed by atoms with E-state index in [1.165, 1.54) is 6.42 Å². The van der Waals surface area contributed by atoms with Crippen LogP contribution < -0.4 is 15.2 Å². The van der Waals surface area contributed by atoms with Crippen LogP contribution in [0.25, 0.3) is 10.9 Å². The van der Waals surface area contributed by atoms with Gasteiger partial charge in [-0.05, 0) is 68.4 Å². The molecule has 1 unspecified atom stereocenters. The first-order valence-electron chi connectivity index (χ1n) is 10.5. The fraction of sp³-hybridized carbons (Fsp3) is 0.435. The average molecular weight is 390 g/mol. The minimum absolute atomic E-state index is 0.0266. The van der Waals surface area contributed by atoms with Crippen molar-refractivity contribution in [1.29, 1.82) is 0 Å². The summed E-state index contributed by atoms with van der Waals surface area (Å²) in [6.07, 6.45) is 8.32. The molecular weight excluding hydrogens is 364 g/mol. The normalized spacial score (nSPS) is 18.8. The number of methoxy groups -OCH3 is 1. The van der Waals surface area contributed by atoms with Crippen LogP contribution in [0.1, 0.15) is 36.9 Å². The molecule has 6 heteroatoms. The Balaban J connectivity index is 1.49. The van der Waals surface area contributed by atoms with Crippen molar-refractivity contribution in [3.63, 3.8) is 0 Å². The van der Waals surface area contributed by atoms with E-state index in [9.17, 15) is 4.79 Å². The van der Waals surface area contributed by atoms with Crippen LogP contribution in [-0.2, 0) is 19.4 Å². The largest absolute Gasteiger partial charge is 0.497 e. The van der Waals surface area contributed by atoms with Gasteiger partial charge in [-0.15, -0.1) is 0 Å². The van der Waals surface area contributed by atoms with Crippen LogP contribution in [0, 0.1) is 0 Å². The van der Waals surface area contributed by atoms with Gasteiger partial charge >= 0.3 is 0 Å². The molecule has 0 saturated carbocycles. The van der Waals surface area contributed by atoms with E-state index in [1.807, 2.05) is 24.4 Å². The molecule has 1 aliphatic heterocycles. The van der Waals surface area contributed by atoms with Gasteiger partial charge in [-0.25, -0.2) is 4.68 Å². The maximum Gasteiger partial charge on any atom is 0.267 e. The Bertz CT molecular complexity index is 1110. The van der Waals surface area contributed by atoms with E-state index in [1.54, 1.807) is 11.8 Å². The number of hydrogen-bond donors (Lipinski definition) is 0. The molecule has 0 spiro atoms. The van der Waals surface area contributed by atoms with Gasteiger partial charge in [0.25, 0.3) is 5.56 Å². The molecule has 1 saturated heterocycles. The van der Waals surface area contributed by atoms with E-state index in [0.29, 0.717) is 6.54 Å². The molecule has 1 aliphatic carbocycles. The average Bonchev–Trinajstić information content (AvgIpc) is 3.21. The van der Waals surface area contributed by atoms with E-state index in [-0.39, 0.29) is 11.6 Å². The first kappa shape index (κ1) is 18.2. The van der Waals surface area contributed by atoms with Crippen LogP contribution in [0.5, 0.6) is 5.75 Å². The van der Waals surface area contributed by atoms with Crippen LogP contribution in [0.3, 0.4) is 0 Å². The van der Waals surface area contributed by atoms with Gasteiger partial charge in [-0.1, -0.05) is 0 Å². The van der Waals surface area contributed by atoms with Crippen molar-refractivity contribution in [2.75, 3.05) is 18.6 Å². The van der Waals surface area contributed by atoms with Gasteiger partial charge in [0.2, 0.25) is 0 Å². The monoisotopic (exact) mass is 390 g/mol. The molecule has 0 N–H and O–H groups in total. The van der Waals surface area contributed by atoms with E-state index in [0.717, 1.165) is 72.2 Å². The molecule has 0 bridgehead atoms. The Hall–Kier alpha value is -2.89. The second kappa shape index (κ2) is 7.50. The molecule has 5 rings (SSSR count). The van der Waals surface area contributed by atoms with Crippen molar-refractivity contribution in [3.05, 3.63) is 58.1 Å². The van der Waals surface area contributed by atoms with Crippen molar-refractivity contribution in [3.8, 4) is 5.75 Å². The van der Waals surface area contributed by atoms with Gasteiger partial charge < -0.3 is 9.64 Å². The molecule has 150 valence electrons. The second-order valence-corrected chi connectivity index (χ2v) is 8.05. The fourth-order valence-corrected chi connectivity index (χ4v) is 4.76. The third kappa shape index (κ3) is 3.37. The summed E-state index contributed by atoms with van der Waals surface area (Å²) in [7, 11) is 1.68. The first-order chi connectivity index (χ1) is 14.2. The minimum atomic E-state index is 0.0266. The first-order valence-corrected chi connectivity index (χ1v) is 10.5. The Labute approximate surface area is 170 Å². The lowest BCUT2D eigenvalue weighted by molar-refractivity contribution is 0.415. The van der Waals surface area contributed by atoms with E-state index in [2.05, 4.69) is 22.0 Å². The van der Waals surface area contributed by atoms with Crippen LogP contribution >= 0.6 is 0 Å². The van der Waals surface area contributed by atoms with Crippen LogP contribution in [-0.4, -0.2) is 34.5 Å². The summed E-state index contributed by atoms with van der Waals surface area (Å²) in [6, 6.07) is 10.1. The van der Waals surface area contributed by atoms with Gasteiger partial charge in [0, 0.05) is 35.9 Å². The number of rotatable bonds is 4. The number of fused-ring (bicyclic) bond motifs is 2. The van der Waals surface area contributed by atoms with Gasteiger partial charge in [-0.3, -0.25) is 9.78 Å². The highest BCUT2D eigenvalue weighted by Crippen LogP contribution is 2.33.